The van der Waals surface area contributed by atoms with Crippen molar-refractivity contribution in [2.24, 2.45) is 0 Å². The fourth-order valence-corrected chi connectivity index (χ4v) is 1.68. The molecule has 106 valence electrons. The van der Waals surface area contributed by atoms with Gasteiger partial charge in [-0.1, -0.05) is 19.9 Å². The van der Waals surface area contributed by atoms with Gasteiger partial charge in [0.15, 0.2) is 11.6 Å². The molecule has 0 aliphatic heterocycles. The third-order valence-electron chi connectivity index (χ3n) is 2.76. The zero-order valence-corrected chi connectivity index (χ0v) is 11.2. The first kappa shape index (κ1) is 14.2. The van der Waals surface area contributed by atoms with Gasteiger partial charge in [0.25, 0.3) is 5.56 Å². The monoisotopic (exact) mass is 279 g/mol. The summed E-state index contributed by atoms with van der Waals surface area (Å²) in [5.74, 6) is -0.712. The van der Waals surface area contributed by atoms with Crippen molar-refractivity contribution in [1.29, 1.82) is 0 Å². The minimum atomic E-state index is -0.897. The Morgan fingerprint density at radius 3 is 2.65 bits per heavy atom. The Morgan fingerprint density at radius 1 is 1.25 bits per heavy atom. The summed E-state index contributed by atoms with van der Waals surface area (Å²) in [4.78, 5) is 18.4. The van der Waals surface area contributed by atoms with E-state index in [1.165, 1.54) is 12.1 Å². The van der Waals surface area contributed by atoms with Crippen molar-refractivity contribution >= 4 is 5.82 Å². The van der Waals surface area contributed by atoms with Crippen molar-refractivity contribution in [3.63, 3.8) is 0 Å². The second-order valence-electron chi connectivity index (χ2n) is 4.77. The van der Waals surface area contributed by atoms with Gasteiger partial charge in [0.2, 0.25) is 0 Å². The van der Waals surface area contributed by atoms with Crippen LogP contribution in [-0.2, 0) is 6.54 Å². The molecule has 0 unspecified atom stereocenters. The summed E-state index contributed by atoms with van der Waals surface area (Å²) in [7, 11) is 0. The summed E-state index contributed by atoms with van der Waals surface area (Å²) < 4.78 is 25.9. The van der Waals surface area contributed by atoms with Gasteiger partial charge in [0, 0.05) is 18.5 Å². The number of aromatic amines is 1. The third kappa shape index (κ3) is 3.40. The number of anilines is 1. The molecule has 0 aliphatic carbocycles. The van der Waals surface area contributed by atoms with Crippen molar-refractivity contribution in [3.05, 3.63) is 57.6 Å². The molecule has 1 heterocycles. The Bertz CT molecular complexity index is 668. The highest BCUT2D eigenvalue weighted by Crippen LogP contribution is 2.12. The number of benzene rings is 1. The summed E-state index contributed by atoms with van der Waals surface area (Å²) >= 11 is 0. The number of nitrogens with one attached hydrogen (secondary N) is 2. The summed E-state index contributed by atoms with van der Waals surface area (Å²) in [6, 6.07) is 4.98. The largest absolute Gasteiger partial charge is 0.366 e. The van der Waals surface area contributed by atoms with E-state index in [4.69, 9.17) is 0 Å². The predicted molar refractivity (Wildman–Crippen MR) is 72.6 cm³/mol. The molecule has 0 amide bonds. The van der Waals surface area contributed by atoms with Gasteiger partial charge in [-0.3, -0.25) is 4.79 Å². The maximum atomic E-state index is 13.1. The number of hydrogen-bond acceptors (Lipinski definition) is 3. The molecule has 1 aromatic carbocycles. The van der Waals surface area contributed by atoms with Crippen LogP contribution in [0.1, 0.15) is 31.2 Å². The van der Waals surface area contributed by atoms with Crippen molar-refractivity contribution in [2.45, 2.75) is 26.3 Å². The first-order chi connectivity index (χ1) is 9.45. The number of rotatable bonds is 4. The molecular weight excluding hydrogens is 264 g/mol. The van der Waals surface area contributed by atoms with Crippen molar-refractivity contribution in [1.82, 2.24) is 9.97 Å². The summed E-state index contributed by atoms with van der Waals surface area (Å²) in [6.45, 7) is 4.08. The topological polar surface area (TPSA) is 57.8 Å². The van der Waals surface area contributed by atoms with E-state index in [2.05, 4.69) is 15.3 Å². The number of halogens is 2. The fourth-order valence-electron chi connectivity index (χ4n) is 1.68. The number of hydrogen-bond donors (Lipinski definition) is 2. The molecule has 4 nitrogen and oxygen atoms in total. The molecule has 20 heavy (non-hydrogen) atoms. The molecule has 0 saturated carbocycles. The van der Waals surface area contributed by atoms with Crippen LogP contribution in [0.15, 0.2) is 29.1 Å². The molecule has 1 aromatic heterocycles. The molecular formula is C14H15F2N3O. The van der Waals surface area contributed by atoms with Crippen LogP contribution in [-0.4, -0.2) is 9.97 Å². The SMILES string of the molecule is CC(C)c1nc(NCc2ccc(F)c(F)c2)cc(=O)[nH]1. The van der Waals surface area contributed by atoms with E-state index in [0.717, 1.165) is 12.1 Å². The van der Waals surface area contributed by atoms with Crippen LogP contribution in [0.5, 0.6) is 0 Å². The molecule has 0 radical (unpaired) electrons. The van der Waals surface area contributed by atoms with E-state index in [0.29, 0.717) is 17.2 Å². The van der Waals surface area contributed by atoms with Crippen LogP contribution >= 0.6 is 0 Å². The average Bonchev–Trinajstić information content (AvgIpc) is 2.39. The smallest absolute Gasteiger partial charge is 0.252 e. The molecule has 0 atom stereocenters. The van der Waals surface area contributed by atoms with Gasteiger partial charge in [-0.05, 0) is 17.7 Å². The highest BCUT2D eigenvalue weighted by Gasteiger charge is 2.06. The maximum Gasteiger partial charge on any atom is 0.252 e. The Kier molecular flexibility index (Phi) is 4.12. The van der Waals surface area contributed by atoms with Crippen LogP contribution in [0.3, 0.4) is 0 Å². The van der Waals surface area contributed by atoms with Gasteiger partial charge in [0.05, 0.1) is 0 Å². The van der Waals surface area contributed by atoms with E-state index in [1.807, 2.05) is 13.8 Å². The number of aromatic nitrogens is 2. The summed E-state index contributed by atoms with van der Waals surface area (Å²) in [6.07, 6.45) is 0. The molecule has 2 N–H and O–H groups in total. The maximum absolute atomic E-state index is 13.1. The molecule has 0 bridgehead atoms. The van der Waals surface area contributed by atoms with Crippen LogP contribution in [0.4, 0.5) is 14.6 Å². The normalized spacial score (nSPS) is 10.8. The lowest BCUT2D eigenvalue weighted by Crippen LogP contribution is -2.14. The highest BCUT2D eigenvalue weighted by atomic mass is 19.2. The summed E-state index contributed by atoms with van der Waals surface area (Å²) in [5, 5.41) is 2.92. The lowest BCUT2D eigenvalue weighted by Gasteiger charge is -2.09. The molecule has 0 spiro atoms. The molecule has 0 saturated heterocycles. The zero-order chi connectivity index (χ0) is 14.7. The third-order valence-corrected chi connectivity index (χ3v) is 2.76. The van der Waals surface area contributed by atoms with Crippen LogP contribution in [0.25, 0.3) is 0 Å². The molecule has 0 aliphatic rings. The van der Waals surface area contributed by atoms with Gasteiger partial charge in [0.1, 0.15) is 11.6 Å². The first-order valence-electron chi connectivity index (χ1n) is 6.25. The van der Waals surface area contributed by atoms with E-state index in [1.54, 1.807) is 0 Å². The van der Waals surface area contributed by atoms with E-state index in [-0.39, 0.29) is 18.0 Å². The minimum Gasteiger partial charge on any atom is -0.366 e. The Morgan fingerprint density at radius 2 is 2.00 bits per heavy atom. The van der Waals surface area contributed by atoms with Gasteiger partial charge in [-0.15, -0.1) is 0 Å². The van der Waals surface area contributed by atoms with Gasteiger partial charge >= 0.3 is 0 Å². The zero-order valence-electron chi connectivity index (χ0n) is 11.2. The molecule has 2 rings (SSSR count). The Hall–Kier alpha value is -2.24. The minimum absolute atomic E-state index is 0.0905. The molecule has 6 heteroatoms. The quantitative estimate of drug-likeness (QED) is 0.904. The van der Waals surface area contributed by atoms with Crippen LogP contribution in [0.2, 0.25) is 0 Å². The number of H-pyrrole nitrogens is 1. The second kappa shape index (κ2) is 5.81. The second-order valence-corrected chi connectivity index (χ2v) is 4.77. The van der Waals surface area contributed by atoms with Crippen molar-refractivity contribution in [2.75, 3.05) is 5.32 Å². The summed E-state index contributed by atoms with van der Waals surface area (Å²) in [5.41, 5.74) is 0.313. The molecule has 0 fully saturated rings. The fraction of sp³-hybridized carbons (Fsp3) is 0.286. The van der Waals surface area contributed by atoms with E-state index < -0.39 is 11.6 Å². The van der Waals surface area contributed by atoms with Gasteiger partial charge in [-0.25, -0.2) is 13.8 Å². The van der Waals surface area contributed by atoms with Gasteiger partial charge in [-0.2, -0.15) is 0 Å². The van der Waals surface area contributed by atoms with Gasteiger partial charge < -0.3 is 10.3 Å². The average molecular weight is 279 g/mol. The number of nitrogens with zero attached hydrogens (tertiary/aromatic N) is 1. The predicted octanol–water partition coefficient (Wildman–Crippen LogP) is 2.78. The lowest BCUT2D eigenvalue weighted by molar-refractivity contribution is 0.507. The van der Waals surface area contributed by atoms with Crippen LogP contribution in [0, 0.1) is 11.6 Å². The van der Waals surface area contributed by atoms with Crippen molar-refractivity contribution < 1.29 is 8.78 Å². The van der Waals surface area contributed by atoms with E-state index >= 15 is 0 Å². The first-order valence-corrected chi connectivity index (χ1v) is 6.25. The molecule has 2 aromatic rings. The Balaban J connectivity index is 2.14. The lowest BCUT2D eigenvalue weighted by atomic mass is 10.2. The van der Waals surface area contributed by atoms with Crippen molar-refractivity contribution in [3.8, 4) is 0 Å². The highest BCUT2D eigenvalue weighted by molar-refractivity contribution is 5.35. The van der Waals surface area contributed by atoms with E-state index in [9.17, 15) is 13.6 Å². The Labute approximate surface area is 114 Å². The standard InChI is InChI=1S/C14H15F2N3O/c1-8(2)14-18-12(6-13(20)19-14)17-7-9-3-4-10(15)11(16)5-9/h3-6,8H,7H2,1-2H3,(H2,17,18,19,20). The van der Waals surface area contributed by atoms with Crippen LogP contribution < -0.4 is 10.9 Å².